The van der Waals surface area contributed by atoms with Gasteiger partial charge in [0, 0.05) is 19.9 Å². The average Bonchev–Trinajstić information content (AvgIpc) is 2.99. The minimum atomic E-state index is -3.67. The number of sulfonamides is 1. The molecule has 0 fully saturated rings. The maximum atomic E-state index is 12.3. The van der Waals surface area contributed by atoms with Gasteiger partial charge in [0.25, 0.3) is 0 Å². The summed E-state index contributed by atoms with van der Waals surface area (Å²) in [5, 5.41) is 0. The highest BCUT2D eigenvalue weighted by Gasteiger charge is 2.16. The smallest absolute Gasteiger partial charge is 0.323 e. The fourth-order valence-electron chi connectivity index (χ4n) is 2.37. The Morgan fingerprint density at radius 3 is 2.65 bits per heavy atom. The fraction of sp³-hybridized carbons (Fsp3) is 0.286. The lowest BCUT2D eigenvalue weighted by molar-refractivity contribution is 0.472. The summed E-state index contributed by atoms with van der Waals surface area (Å²) < 4.78 is 32.5. The molecule has 9 heteroatoms. The Morgan fingerprint density at radius 1 is 1.22 bits per heavy atom. The van der Waals surface area contributed by atoms with Crippen molar-refractivity contribution in [1.82, 2.24) is 19.7 Å². The van der Waals surface area contributed by atoms with E-state index in [9.17, 15) is 13.2 Å². The summed E-state index contributed by atoms with van der Waals surface area (Å²) in [5.74, 6) is 1.22. The van der Waals surface area contributed by atoms with Gasteiger partial charge in [0.15, 0.2) is 5.89 Å². The Bertz CT molecular complexity index is 1010. The number of aryl methyl sites for hydroxylation is 2. The number of aromatic amines is 2. The molecular formula is C14H16N4O4S. The van der Waals surface area contributed by atoms with Crippen LogP contribution in [-0.2, 0) is 16.4 Å². The van der Waals surface area contributed by atoms with Crippen LogP contribution >= 0.6 is 0 Å². The lowest BCUT2D eigenvalue weighted by atomic mass is 10.3. The van der Waals surface area contributed by atoms with Crippen molar-refractivity contribution in [2.45, 2.75) is 25.2 Å². The molecule has 3 N–H and O–H groups in total. The molecule has 0 unspecified atom stereocenters. The van der Waals surface area contributed by atoms with Crippen molar-refractivity contribution in [3.63, 3.8) is 0 Å². The molecule has 0 aliphatic heterocycles. The molecule has 2 heterocycles. The van der Waals surface area contributed by atoms with Crippen molar-refractivity contribution in [2.24, 2.45) is 0 Å². The van der Waals surface area contributed by atoms with Crippen LogP contribution in [0, 0.1) is 13.8 Å². The molecular weight excluding hydrogens is 320 g/mol. The number of nitrogens with one attached hydrogen (secondary N) is 3. The first kappa shape index (κ1) is 15.5. The van der Waals surface area contributed by atoms with E-state index >= 15 is 0 Å². The van der Waals surface area contributed by atoms with E-state index in [1.807, 2.05) is 6.92 Å². The number of benzene rings is 1. The van der Waals surface area contributed by atoms with Gasteiger partial charge in [-0.25, -0.2) is 22.9 Å². The van der Waals surface area contributed by atoms with E-state index in [0.29, 0.717) is 29.1 Å². The number of hydrogen-bond donors (Lipinski definition) is 3. The third-order valence-corrected chi connectivity index (χ3v) is 4.90. The Balaban J connectivity index is 1.74. The highest BCUT2D eigenvalue weighted by Crippen LogP contribution is 2.15. The summed E-state index contributed by atoms with van der Waals surface area (Å²) in [6.45, 7) is 3.75. The van der Waals surface area contributed by atoms with Crippen molar-refractivity contribution >= 4 is 21.1 Å². The minimum Gasteiger partial charge on any atom is -0.446 e. The number of H-pyrrole nitrogens is 2. The van der Waals surface area contributed by atoms with Crippen LogP contribution in [0.1, 0.15) is 17.3 Å². The van der Waals surface area contributed by atoms with Crippen LogP contribution in [-0.4, -0.2) is 29.9 Å². The van der Waals surface area contributed by atoms with E-state index in [1.165, 1.54) is 12.1 Å². The van der Waals surface area contributed by atoms with Gasteiger partial charge in [0.2, 0.25) is 10.0 Å². The second kappa shape index (κ2) is 5.67. The third-order valence-electron chi connectivity index (χ3n) is 3.44. The van der Waals surface area contributed by atoms with Crippen molar-refractivity contribution in [2.75, 3.05) is 6.54 Å². The summed E-state index contributed by atoms with van der Waals surface area (Å²) in [7, 11) is -3.67. The molecule has 0 aliphatic rings. The molecule has 2 aromatic heterocycles. The van der Waals surface area contributed by atoms with Gasteiger partial charge in [0.1, 0.15) is 5.76 Å². The van der Waals surface area contributed by atoms with Crippen LogP contribution in [0.15, 0.2) is 32.3 Å². The predicted molar refractivity (Wildman–Crippen MR) is 83.8 cm³/mol. The summed E-state index contributed by atoms with van der Waals surface area (Å²) >= 11 is 0. The molecule has 122 valence electrons. The molecule has 0 aliphatic carbocycles. The maximum Gasteiger partial charge on any atom is 0.323 e. The molecule has 3 aromatic rings. The number of fused-ring (bicyclic) bond motifs is 1. The Morgan fingerprint density at radius 2 is 1.96 bits per heavy atom. The largest absolute Gasteiger partial charge is 0.446 e. The average molecular weight is 336 g/mol. The summed E-state index contributed by atoms with van der Waals surface area (Å²) in [6.07, 6.45) is 0.412. The van der Waals surface area contributed by atoms with E-state index in [1.54, 1.807) is 13.0 Å². The van der Waals surface area contributed by atoms with Crippen LogP contribution in [0.25, 0.3) is 11.0 Å². The SMILES string of the molecule is Cc1nc(C)c(CCNS(=O)(=O)c2ccc3[nH]c(=O)[nH]c3c2)o1. The normalized spacial score (nSPS) is 12.1. The molecule has 0 amide bonds. The van der Waals surface area contributed by atoms with Crippen LogP contribution in [0.5, 0.6) is 0 Å². The van der Waals surface area contributed by atoms with E-state index in [4.69, 9.17) is 4.42 Å². The lowest BCUT2D eigenvalue weighted by Gasteiger charge is -2.06. The van der Waals surface area contributed by atoms with Crippen LogP contribution in [0.4, 0.5) is 0 Å². The van der Waals surface area contributed by atoms with Gasteiger partial charge in [-0.15, -0.1) is 0 Å². The van der Waals surface area contributed by atoms with Gasteiger partial charge in [-0.1, -0.05) is 0 Å². The quantitative estimate of drug-likeness (QED) is 0.641. The number of nitrogens with zero attached hydrogens (tertiary/aromatic N) is 1. The number of hydrogen-bond acceptors (Lipinski definition) is 5. The summed E-state index contributed by atoms with van der Waals surface area (Å²) in [4.78, 5) is 20.5. The fourth-order valence-corrected chi connectivity index (χ4v) is 3.42. The molecule has 0 saturated heterocycles. The molecule has 0 radical (unpaired) electrons. The molecule has 0 saturated carbocycles. The number of imidazole rings is 1. The number of rotatable bonds is 5. The minimum absolute atomic E-state index is 0.0886. The zero-order chi connectivity index (χ0) is 16.6. The Kier molecular flexibility index (Phi) is 3.82. The number of aromatic nitrogens is 3. The molecule has 1 aromatic carbocycles. The van der Waals surface area contributed by atoms with Crippen molar-refractivity contribution in [3.8, 4) is 0 Å². The molecule has 23 heavy (non-hydrogen) atoms. The highest BCUT2D eigenvalue weighted by atomic mass is 32.2. The zero-order valence-electron chi connectivity index (χ0n) is 12.6. The maximum absolute atomic E-state index is 12.3. The first-order chi connectivity index (χ1) is 10.8. The van der Waals surface area contributed by atoms with Gasteiger partial charge < -0.3 is 14.4 Å². The van der Waals surface area contributed by atoms with Crippen LogP contribution < -0.4 is 10.4 Å². The first-order valence-corrected chi connectivity index (χ1v) is 8.48. The molecule has 0 bridgehead atoms. The highest BCUT2D eigenvalue weighted by molar-refractivity contribution is 7.89. The molecule has 0 spiro atoms. The second-order valence-corrected chi connectivity index (χ2v) is 6.94. The van der Waals surface area contributed by atoms with Crippen molar-refractivity contribution in [1.29, 1.82) is 0 Å². The van der Waals surface area contributed by atoms with E-state index in [2.05, 4.69) is 19.7 Å². The Labute approximate surface area is 132 Å². The summed E-state index contributed by atoms with van der Waals surface area (Å²) in [5.41, 5.74) is 1.38. The van der Waals surface area contributed by atoms with Crippen LogP contribution in [0.2, 0.25) is 0 Å². The lowest BCUT2D eigenvalue weighted by Crippen LogP contribution is -2.26. The first-order valence-electron chi connectivity index (χ1n) is 7.00. The second-order valence-electron chi connectivity index (χ2n) is 5.18. The van der Waals surface area contributed by atoms with Gasteiger partial charge in [0.05, 0.1) is 21.6 Å². The molecule has 0 atom stereocenters. The summed E-state index contributed by atoms with van der Waals surface area (Å²) in [6, 6.07) is 4.41. The topological polar surface area (TPSA) is 121 Å². The number of oxazole rings is 1. The molecule has 8 nitrogen and oxygen atoms in total. The van der Waals surface area contributed by atoms with Crippen molar-refractivity contribution in [3.05, 3.63) is 46.0 Å². The standard InChI is InChI=1S/C14H16N4O4S/c1-8-13(22-9(2)16-8)5-6-15-23(20,21)10-3-4-11-12(7-10)18-14(19)17-11/h3-4,7,15H,5-6H2,1-2H3,(H2,17,18,19). The monoisotopic (exact) mass is 336 g/mol. The van der Waals surface area contributed by atoms with Gasteiger partial charge >= 0.3 is 5.69 Å². The third kappa shape index (κ3) is 3.20. The van der Waals surface area contributed by atoms with Gasteiger partial charge in [-0.2, -0.15) is 0 Å². The van der Waals surface area contributed by atoms with Gasteiger partial charge in [-0.3, -0.25) is 0 Å². The molecule has 3 rings (SSSR count). The van der Waals surface area contributed by atoms with E-state index in [-0.39, 0.29) is 17.1 Å². The zero-order valence-corrected chi connectivity index (χ0v) is 13.5. The van der Waals surface area contributed by atoms with E-state index in [0.717, 1.165) is 5.69 Å². The van der Waals surface area contributed by atoms with Crippen molar-refractivity contribution < 1.29 is 12.8 Å². The predicted octanol–water partition coefficient (Wildman–Crippen LogP) is 0.982. The van der Waals surface area contributed by atoms with E-state index < -0.39 is 10.0 Å². The Hall–Kier alpha value is -2.39. The van der Waals surface area contributed by atoms with Gasteiger partial charge in [-0.05, 0) is 25.1 Å². The van der Waals surface area contributed by atoms with Crippen LogP contribution in [0.3, 0.4) is 0 Å².